The van der Waals surface area contributed by atoms with Crippen LogP contribution in [0.3, 0.4) is 0 Å². The van der Waals surface area contributed by atoms with Gasteiger partial charge < -0.3 is 10.3 Å². The Morgan fingerprint density at radius 1 is 1.00 bits per heavy atom. The van der Waals surface area contributed by atoms with Gasteiger partial charge in [-0.1, -0.05) is 49.0 Å². The van der Waals surface area contributed by atoms with Crippen LogP contribution in [0, 0.1) is 6.92 Å². The van der Waals surface area contributed by atoms with Gasteiger partial charge in [0.05, 0.1) is 11.4 Å². The maximum Gasteiger partial charge on any atom is 0.0887 e. The molecule has 2 aromatic carbocycles. The minimum atomic E-state index is 0.793. The molecule has 0 aliphatic heterocycles. The van der Waals surface area contributed by atoms with E-state index in [1.165, 1.54) is 5.39 Å². The highest BCUT2D eigenvalue weighted by Gasteiger charge is 2.10. The summed E-state index contributed by atoms with van der Waals surface area (Å²) < 4.78 is 0. The van der Waals surface area contributed by atoms with Crippen molar-refractivity contribution >= 4 is 22.3 Å². The minimum absolute atomic E-state index is 0.793. The highest BCUT2D eigenvalue weighted by Crippen LogP contribution is 2.31. The molecule has 25 heavy (non-hydrogen) atoms. The lowest BCUT2D eigenvalue weighted by Crippen LogP contribution is -2.02. The lowest BCUT2D eigenvalue weighted by molar-refractivity contribution is 1.21. The first-order valence-electron chi connectivity index (χ1n) is 8.27. The number of benzene rings is 2. The highest BCUT2D eigenvalue weighted by atomic mass is 14.9. The van der Waals surface area contributed by atoms with Crippen LogP contribution in [0.4, 0.5) is 5.69 Å². The Kier molecular flexibility index (Phi) is 3.82. The zero-order valence-electron chi connectivity index (χ0n) is 14.1. The van der Waals surface area contributed by atoms with E-state index in [-0.39, 0.29) is 0 Å². The molecule has 4 aromatic rings. The van der Waals surface area contributed by atoms with Crippen LogP contribution in [-0.4, -0.2) is 9.97 Å². The quantitative estimate of drug-likeness (QED) is 0.511. The standard InChI is InChI=1S/C22H19N3/c1-15-8-7-13-23-22(15)16(2)24-20-12-6-4-10-18(20)21-14-17-9-3-5-11-19(17)25-21/h3-14,24-25H,2H2,1H3. The summed E-state index contributed by atoms with van der Waals surface area (Å²) in [6.07, 6.45) is 1.79. The van der Waals surface area contributed by atoms with Crippen LogP contribution in [0.5, 0.6) is 0 Å². The fourth-order valence-electron chi connectivity index (χ4n) is 3.07. The van der Waals surface area contributed by atoms with Crippen molar-refractivity contribution in [1.82, 2.24) is 9.97 Å². The van der Waals surface area contributed by atoms with E-state index in [9.17, 15) is 0 Å². The van der Waals surface area contributed by atoms with Gasteiger partial charge in [-0.2, -0.15) is 0 Å². The molecule has 0 radical (unpaired) electrons. The number of H-pyrrole nitrogens is 1. The molecule has 0 fully saturated rings. The molecule has 0 amide bonds. The van der Waals surface area contributed by atoms with Crippen molar-refractivity contribution < 1.29 is 0 Å². The van der Waals surface area contributed by atoms with Gasteiger partial charge in [0.1, 0.15) is 0 Å². The number of para-hydroxylation sites is 2. The minimum Gasteiger partial charge on any atom is -0.354 e. The van der Waals surface area contributed by atoms with Crippen molar-refractivity contribution in [1.29, 1.82) is 0 Å². The number of aryl methyl sites for hydroxylation is 1. The van der Waals surface area contributed by atoms with Gasteiger partial charge in [0.2, 0.25) is 0 Å². The summed E-state index contributed by atoms with van der Waals surface area (Å²) in [6.45, 7) is 6.22. The predicted octanol–water partition coefficient (Wildman–Crippen LogP) is 5.62. The molecule has 2 aromatic heterocycles. The smallest absolute Gasteiger partial charge is 0.0887 e. The zero-order valence-corrected chi connectivity index (χ0v) is 14.1. The molecule has 2 N–H and O–H groups in total. The van der Waals surface area contributed by atoms with Crippen molar-refractivity contribution in [3.63, 3.8) is 0 Å². The zero-order chi connectivity index (χ0) is 17.2. The molecule has 0 aliphatic carbocycles. The summed E-state index contributed by atoms with van der Waals surface area (Å²) in [4.78, 5) is 7.93. The van der Waals surface area contributed by atoms with E-state index in [4.69, 9.17) is 0 Å². The van der Waals surface area contributed by atoms with Crippen LogP contribution in [0.25, 0.3) is 27.9 Å². The van der Waals surface area contributed by atoms with E-state index in [0.29, 0.717) is 0 Å². The van der Waals surface area contributed by atoms with Crippen LogP contribution in [0.1, 0.15) is 11.3 Å². The molecule has 3 nitrogen and oxygen atoms in total. The fourth-order valence-corrected chi connectivity index (χ4v) is 3.07. The monoisotopic (exact) mass is 325 g/mol. The van der Waals surface area contributed by atoms with Gasteiger partial charge in [-0.25, -0.2) is 0 Å². The third-order valence-electron chi connectivity index (χ3n) is 4.33. The van der Waals surface area contributed by atoms with Gasteiger partial charge in [-0.05, 0) is 36.8 Å². The van der Waals surface area contributed by atoms with Gasteiger partial charge in [0.15, 0.2) is 0 Å². The average Bonchev–Trinajstić information content (AvgIpc) is 3.06. The Labute approximate surface area is 147 Å². The summed E-state index contributed by atoms with van der Waals surface area (Å²) in [6, 6.07) is 22.7. The lowest BCUT2D eigenvalue weighted by Gasteiger charge is -2.14. The number of fused-ring (bicyclic) bond motifs is 1. The van der Waals surface area contributed by atoms with E-state index in [1.807, 2.05) is 37.3 Å². The first-order valence-corrected chi connectivity index (χ1v) is 8.27. The summed E-state index contributed by atoms with van der Waals surface area (Å²) in [5.41, 5.74) is 7.10. The number of anilines is 1. The van der Waals surface area contributed by atoms with Crippen LogP contribution in [0.2, 0.25) is 0 Å². The topological polar surface area (TPSA) is 40.7 Å². The second-order valence-corrected chi connectivity index (χ2v) is 6.09. The van der Waals surface area contributed by atoms with Crippen molar-refractivity contribution in [3.05, 3.63) is 90.8 Å². The second kappa shape index (κ2) is 6.29. The SMILES string of the molecule is C=C(Nc1ccccc1-c1cc2ccccc2[nH]1)c1ncccc1C. The number of rotatable bonds is 4. The van der Waals surface area contributed by atoms with Gasteiger partial charge in [0.25, 0.3) is 0 Å². The number of nitrogens with one attached hydrogen (secondary N) is 2. The fraction of sp³-hybridized carbons (Fsp3) is 0.0455. The Morgan fingerprint density at radius 2 is 1.80 bits per heavy atom. The molecule has 0 aliphatic rings. The number of hydrogen-bond acceptors (Lipinski definition) is 2. The Hall–Kier alpha value is -3.33. The van der Waals surface area contributed by atoms with Gasteiger partial charge >= 0.3 is 0 Å². The molecule has 0 saturated carbocycles. The number of pyridine rings is 1. The predicted molar refractivity (Wildman–Crippen MR) is 105 cm³/mol. The molecule has 122 valence electrons. The van der Waals surface area contributed by atoms with Gasteiger partial charge in [0, 0.05) is 34.0 Å². The van der Waals surface area contributed by atoms with Crippen molar-refractivity contribution in [3.8, 4) is 11.3 Å². The third-order valence-corrected chi connectivity index (χ3v) is 4.33. The largest absolute Gasteiger partial charge is 0.354 e. The van der Waals surface area contributed by atoms with Crippen LogP contribution < -0.4 is 5.32 Å². The Morgan fingerprint density at radius 3 is 2.64 bits per heavy atom. The van der Waals surface area contributed by atoms with E-state index >= 15 is 0 Å². The molecule has 0 spiro atoms. The van der Waals surface area contributed by atoms with Crippen LogP contribution >= 0.6 is 0 Å². The first-order chi connectivity index (χ1) is 12.2. The summed E-state index contributed by atoms with van der Waals surface area (Å²) >= 11 is 0. The molecule has 2 heterocycles. The van der Waals surface area contributed by atoms with E-state index in [2.05, 4.69) is 58.3 Å². The molecule has 0 saturated heterocycles. The van der Waals surface area contributed by atoms with E-state index in [1.54, 1.807) is 6.20 Å². The highest BCUT2D eigenvalue weighted by molar-refractivity contribution is 5.90. The number of nitrogens with zero attached hydrogens (tertiary/aromatic N) is 1. The molecule has 0 unspecified atom stereocenters. The molecule has 3 heteroatoms. The first kappa shape index (κ1) is 15.2. The van der Waals surface area contributed by atoms with Crippen LogP contribution in [0.15, 0.2) is 79.5 Å². The Bertz CT molecular complexity index is 1030. The average molecular weight is 325 g/mol. The molecule has 4 rings (SSSR count). The van der Waals surface area contributed by atoms with E-state index in [0.717, 1.165) is 39.4 Å². The maximum atomic E-state index is 4.44. The van der Waals surface area contributed by atoms with E-state index < -0.39 is 0 Å². The number of aromatic nitrogens is 2. The molecule has 0 atom stereocenters. The summed E-state index contributed by atoms with van der Waals surface area (Å²) in [5, 5.41) is 4.63. The van der Waals surface area contributed by atoms with Gasteiger partial charge in [-0.15, -0.1) is 0 Å². The normalized spacial score (nSPS) is 10.8. The summed E-state index contributed by atoms with van der Waals surface area (Å²) in [5.74, 6) is 0. The number of aromatic amines is 1. The third kappa shape index (κ3) is 2.92. The summed E-state index contributed by atoms with van der Waals surface area (Å²) in [7, 11) is 0. The maximum absolute atomic E-state index is 4.44. The Balaban J connectivity index is 1.72. The second-order valence-electron chi connectivity index (χ2n) is 6.09. The number of hydrogen-bond donors (Lipinski definition) is 2. The van der Waals surface area contributed by atoms with Crippen molar-refractivity contribution in [2.75, 3.05) is 5.32 Å². The van der Waals surface area contributed by atoms with Crippen molar-refractivity contribution in [2.24, 2.45) is 0 Å². The molecular weight excluding hydrogens is 306 g/mol. The van der Waals surface area contributed by atoms with Crippen LogP contribution in [-0.2, 0) is 0 Å². The molecular formula is C22H19N3. The lowest BCUT2D eigenvalue weighted by atomic mass is 10.1. The van der Waals surface area contributed by atoms with Crippen molar-refractivity contribution in [2.45, 2.75) is 6.92 Å². The van der Waals surface area contributed by atoms with Gasteiger partial charge in [-0.3, -0.25) is 4.98 Å². The molecule has 0 bridgehead atoms.